The molecule has 3 aromatic rings. The fraction of sp³-hybridized carbons (Fsp3) is 0.432. The van der Waals surface area contributed by atoms with Crippen molar-refractivity contribution in [2.24, 2.45) is 5.73 Å². The highest BCUT2D eigenvalue weighted by Crippen LogP contribution is 2.51. The first-order chi connectivity index (χ1) is 26.9. The molecule has 9 nitrogen and oxygen atoms in total. The number of carbonyl (C=O) groups excluding carboxylic acids is 2. The molecule has 0 aliphatic carbocycles. The molecule has 0 bridgehead atoms. The summed E-state index contributed by atoms with van der Waals surface area (Å²) in [4.78, 5) is 27.2. The Labute approximate surface area is 329 Å². The van der Waals surface area contributed by atoms with Gasteiger partial charge in [0.05, 0.1) is 24.7 Å². The molecule has 4 aliphatic heterocycles. The number of fused-ring (bicyclic) bond motifs is 4. The maximum absolute atomic E-state index is 16.9. The van der Waals surface area contributed by atoms with Crippen molar-refractivity contribution in [3.05, 3.63) is 97.1 Å². The van der Waals surface area contributed by atoms with Crippen molar-refractivity contribution in [3.8, 4) is 17.2 Å². The third kappa shape index (κ3) is 6.92. The molecule has 0 saturated heterocycles. The van der Waals surface area contributed by atoms with Crippen LogP contribution in [0.5, 0.6) is 17.2 Å². The Kier molecular flexibility index (Phi) is 11.2. The van der Waals surface area contributed by atoms with E-state index in [1.807, 2.05) is 39.8 Å². The van der Waals surface area contributed by atoms with Gasteiger partial charge in [-0.15, -0.1) is 0 Å². The molecule has 4 heterocycles. The van der Waals surface area contributed by atoms with Crippen LogP contribution in [0, 0.1) is 23.3 Å². The number of rotatable bonds is 8. The SMILES string of the molecule is CO.COC(=O)CCN(C)C(=O)c1c(F)c(F)c(F)c(F)c1C1=c2cc3c4c(c2Oc2c1cc1c(c2CCCN)OC(C)(C)C=C1C)CCC[N+]=4C(C)(C)C=C3C. The van der Waals surface area contributed by atoms with Crippen LogP contribution in [0.15, 0.2) is 24.3 Å². The minimum absolute atomic E-state index is 0.0282. The number of hydrogen-bond donors (Lipinski definition) is 2. The summed E-state index contributed by atoms with van der Waals surface area (Å²) < 4.78 is 84.9. The van der Waals surface area contributed by atoms with Crippen molar-refractivity contribution in [1.29, 1.82) is 0 Å². The molecule has 3 aromatic carbocycles. The molecule has 4 aliphatic rings. The van der Waals surface area contributed by atoms with Gasteiger partial charge in [0.1, 0.15) is 29.4 Å². The lowest BCUT2D eigenvalue weighted by Gasteiger charge is -2.35. The van der Waals surface area contributed by atoms with Crippen LogP contribution in [0.2, 0.25) is 0 Å². The van der Waals surface area contributed by atoms with Crippen molar-refractivity contribution >= 4 is 28.6 Å². The van der Waals surface area contributed by atoms with Gasteiger partial charge < -0.3 is 30.0 Å². The van der Waals surface area contributed by atoms with Gasteiger partial charge in [0.15, 0.2) is 28.8 Å². The van der Waals surface area contributed by atoms with Crippen molar-refractivity contribution in [1.82, 2.24) is 9.48 Å². The van der Waals surface area contributed by atoms with E-state index in [0.717, 1.165) is 52.6 Å². The molecule has 0 radical (unpaired) electrons. The standard InChI is InChI=1S/C43H46F4N3O5.CH4O/c1-21-19-42(3,4)50-15-10-12-23-37(50)25(21)17-27-30(31-32(34(45)36(47)35(46)33(31)44)41(52)49(7)16-13-29(51)53-8)28-18-26-22(2)20-43(5,6)55-40(26)24(11-9-14-48)39(28)54-38(23)27;1-2/h17-20H,9-16,48H2,1-8H3;2H,1H3/q+1;. The van der Waals surface area contributed by atoms with Crippen LogP contribution in [0.1, 0.15) is 105 Å². The number of methoxy groups -OCH3 is 1. The van der Waals surface area contributed by atoms with Crippen LogP contribution in [0.25, 0.3) is 16.7 Å². The maximum atomic E-state index is 16.9. The zero-order valence-corrected chi connectivity index (χ0v) is 33.9. The summed E-state index contributed by atoms with van der Waals surface area (Å²) in [6, 6.07) is 3.55. The van der Waals surface area contributed by atoms with Gasteiger partial charge >= 0.3 is 5.97 Å². The minimum Gasteiger partial charge on any atom is -0.483 e. The molecule has 0 aromatic heterocycles. The number of aliphatic hydroxyl groups excluding tert-OH is 1. The highest BCUT2D eigenvalue weighted by Gasteiger charge is 2.42. The zero-order chi connectivity index (χ0) is 41.9. The molecular formula is C44H50F4N3O6+. The lowest BCUT2D eigenvalue weighted by atomic mass is 9.81. The fourth-order valence-corrected chi connectivity index (χ4v) is 8.69. The zero-order valence-electron chi connectivity index (χ0n) is 33.9. The molecule has 3 N–H and O–H groups in total. The van der Waals surface area contributed by atoms with Gasteiger partial charge in [-0.2, -0.15) is 0 Å². The van der Waals surface area contributed by atoms with E-state index in [0.29, 0.717) is 53.7 Å². The Bertz CT molecular complexity index is 2420. The first-order valence-corrected chi connectivity index (χ1v) is 19.1. The van der Waals surface area contributed by atoms with Gasteiger partial charge in [-0.1, -0.05) is 0 Å². The van der Waals surface area contributed by atoms with Gasteiger partial charge in [0.25, 0.3) is 5.91 Å². The number of esters is 1. The van der Waals surface area contributed by atoms with Crippen LogP contribution >= 0.6 is 0 Å². The average molecular weight is 793 g/mol. The quantitative estimate of drug-likeness (QED) is 0.0748. The second kappa shape index (κ2) is 15.4. The Hall–Kier alpha value is -5.01. The number of hydrogen-bond acceptors (Lipinski definition) is 7. The van der Waals surface area contributed by atoms with E-state index in [-0.39, 0.29) is 35.4 Å². The first-order valence-electron chi connectivity index (χ1n) is 19.1. The van der Waals surface area contributed by atoms with E-state index < -0.39 is 51.9 Å². The maximum Gasteiger partial charge on any atom is 0.307 e. The lowest BCUT2D eigenvalue weighted by Crippen LogP contribution is -2.53. The second-order valence-electron chi connectivity index (χ2n) is 15.9. The van der Waals surface area contributed by atoms with Crippen molar-refractivity contribution in [2.75, 3.05) is 40.9 Å². The third-order valence-corrected chi connectivity index (χ3v) is 11.1. The number of nitrogens with zero attached hydrogens (tertiary/aromatic N) is 2. The highest BCUT2D eigenvalue weighted by molar-refractivity contribution is 6.03. The lowest BCUT2D eigenvalue weighted by molar-refractivity contribution is -0.140. The van der Waals surface area contributed by atoms with E-state index in [2.05, 4.69) is 24.5 Å². The summed E-state index contributed by atoms with van der Waals surface area (Å²) in [5, 5.41) is 8.25. The van der Waals surface area contributed by atoms with Gasteiger partial charge in [0.2, 0.25) is 5.36 Å². The predicted molar refractivity (Wildman–Crippen MR) is 210 cm³/mol. The summed E-state index contributed by atoms with van der Waals surface area (Å²) in [7, 11) is 3.44. The molecule has 0 unspecified atom stereocenters. The third-order valence-electron chi connectivity index (χ3n) is 11.1. The summed E-state index contributed by atoms with van der Waals surface area (Å²) in [6.45, 7) is 12.8. The predicted octanol–water partition coefficient (Wildman–Crippen LogP) is 5.94. The van der Waals surface area contributed by atoms with Crippen molar-refractivity contribution in [3.63, 3.8) is 0 Å². The summed E-state index contributed by atoms with van der Waals surface area (Å²) in [5.74, 6) is -8.39. The van der Waals surface area contributed by atoms with Crippen LogP contribution in [-0.4, -0.2) is 73.9 Å². The molecule has 13 heteroatoms. The van der Waals surface area contributed by atoms with E-state index in [9.17, 15) is 9.59 Å². The molecule has 304 valence electrons. The minimum atomic E-state index is -2.13. The van der Waals surface area contributed by atoms with Gasteiger partial charge in [-0.3, -0.25) is 9.59 Å². The van der Waals surface area contributed by atoms with E-state index in [1.54, 1.807) is 6.07 Å². The van der Waals surface area contributed by atoms with Crippen molar-refractivity contribution < 1.29 is 46.5 Å². The normalized spacial score (nSPS) is 16.6. The molecular weight excluding hydrogens is 742 g/mol. The number of allylic oxidation sites excluding steroid dienone is 2. The number of nitrogens with two attached hydrogens (primary N) is 1. The molecule has 0 saturated carbocycles. The Balaban J connectivity index is 0.00000270. The number of halogens is 4. The number of benzene rings is 3. The van der Waals surface area contributed by atoms with Gasteiger partial charge in [0, 0.05) is 79.6 Å². The highest BCUT2D eigenvalue weighted by atomic mass is 19.2. The van der Waals surface area contributed by atoms with E-state index >= 15 is 17.6 Å². The molecule has 0 atom stereocenters. The monoisotopic (exact) mass is 792 g/mol. The smallest absolute Gasteiger partial charge is 0.307 e. The molecule has 0 fully saturated rings. The summed E-state index contributed by atoms with van der Waals surface area (Å²) in [5.41, 5.74) is 8.15. The fourth-order valence-electron chi connectivity index (χ4n) is 8.69. The Morgan fingerprint density at radius 1 is 0.930 bits per heavy atom. The first kappa shape index (κ1) is 41.6. The molecule has 7 rings (SSSR count). The van der Waals surface area contributed by atoms with Crippen LogP contribution < -0.4 is 30.4 Å². The molecule has 1 amide bonds. The number of amides is 1. The average Bonchev–Trinajstić information content (AvgIpc) is 3.17. The number of ether oxygens (including phenoxy) is 3. The molecule has 0 spiro atoms. The topological polar surface area (TPSA) is 114 Å². The van der Waals surface area contributed by atoms with E-state index in [4.69, 9.17) is 25.1 Å². The Morgan fingerprint density at radius 3 is 2.26 bits per heavy atom. The van der Waals surface area contributed by atoms with Crippen LogP contribution in [0.3, 0.4) is 0 Å². The second-order valence-corrected chi connectivity index (χ2v) is 15.9. The van der Waals surface area contributed by atoms with E-state index in [1.165, 1.54) is 14.2 Å². The molecule has 57 heavy (non-hydrogen) atoms. The van der Waals surface area contributed by atoms with Gasteiger partial charge in [-0.05, 0) is 88.9 Å². The van der Waals surface area contributed by atoms with Crippen LogP contribution in [0.4, 0.5) is 17.6 Å². The largest absolute Gasteiger partial charge is 0.483 e. The number of aliphatic hydroxyl groups is 1. The van der Waals surface area contributed by atoms with Crippen LogP contribution in [-0.2, 0) is 22.4 Å². The van der Waals surface area contributed by atoms with Gasteiger partial charge in [-0.25, -0.2) is 22.1 Å². The van der Waals surface area contributed by atoms with Crippen molar-refractivity contribution in [2.45, 2.75) is 84.8 Å². The number of carbonyl (C=O) groups is 2. The Morgan fingerprint density at radius 2 is 1.60 bits per heavy atom. The summed E-state index contributed by atoms with van der Waals surface area (Å²) in [6.07, 6.45) is 6.06. The summed E-state index contributed by atoms with van der Waals surface area (Å²) >= 11 is 0.